The third kappa shape index (κ3) is 2.78. The Balaban J connectivity index is 1.76. The Morgan fingerprint density at radius 2 is 1.92 bits per heavy atom. The van der Waals surface area contributed by atoms with Gasteiger partial charge in [-0.3, -0.25) is 9.59 Å². The van der Waals surface area contributed by atoms with Crippen molar-refractivity contribution in [3.8, 4) is 11.5 Å². The monoisotopic (exact) mass is 326 g/mol. The predicted molar refractivity (Wildman–Crippen MR) is 88.9 cm³/mol. The second kappa shape index (κ2) is 6.23. The molecule has 2 aromatic rings. The number of ether oxygens (including phenoxy) is 2. The normalized spacial score (nSPS) is 18.8. The van der Waals surface area contributed by atoms with Crippen molar-refractivity contribution in [3.63, 3.8) is 0 Å². The third-order valence-corrected chi connectivity index (χ3v) is 3.95. The summed E-state index contributed by atoms with van der Waals surface area (Å²) in [6, 6.07) is 14.4. The minimum atomic E-state index is -1.63. The average Bonchev–Trinajstić information content (AvgIpc) is 2.60. The van der Waals surface area contributed by atoms with E-state index < -0.39 is 17.4 Å². The van der Waals surface area contributed by atoms with E-state index in [-0.39, 0.29) is 6.54 Å². The minimum Gasteiger partial charge on any atom is -0.496 e. The number of benzene rings is 2. The van der Waals surface area contributed by atoms with Crippen molar-refractivity contribution in [2.24, 2.45) is 0 Å². The number of hydrogen-bond acceptors (Lipinski definition) is 4. The molecule has 0 spiro atoms. The fraction of sp³-hybridized carbons (Fsp3) is 0.222. The Bertz CT molecular complexity index is 790. The molecule has 0 saturated heterocycles. The molecule has 1 aliphatic heterocycles. The van der Waals surface area contributed by atoms with Crippen molar-refractivity contribution in [2.75, 3.05) is 12.4 Å². The summed E-state index contributed by atoms with van der Waals surface area (Å²) in [6.07, 6.45) is 0. The van der Waals surface area contributed by atoms with Gasteiger partial charge in [0.15, 0.2) is 0 Å². The number of hydrogen-bond donors (Lipinski definition) is 2. The number of amides is 2. The van der Waals surface area contributed by atoms with Gasteiger partial charge in [0, 0.05) is 12.1 Å². The van der Waals surface area contributed by atoms with E-state index in [1.165, 1.54) is 6.92 Å². The van der Waals surface area contributed by atoms with Gasteiger partial charge in [0.05, 0.1) is 12.8 Å². The number of para-hydroxylation sites is 3. The molecular formula is C18H18N2O4. The van der Waals surface area contributed by atoms with Crippen LogP contribution < -0.4 is 20.1 Å². The van der Waals surface area contributed by atoms with Gasteiger partial charge in [-0.15, -0.1) is 0 Å². The van der Waals surface area contributed by atoms with Crippen molar-refractivity contribution < 1.29 is 19.1 Å². The fourth-order valence-corrected chi connectivity index (χ4v) is 2.51. The molecule has 1 heterocycles. The van der Waals surface area contributed by atoms with E-state index in [0.29, 0.717) is 17.2 Å². The Hall–Kier alpha value is -3.02. The first-order valence-corrected chi connectivity index (χ1v) is 7.54. The molecule has 0 aromatic heterocycles. The van der Waals surface area contributed by atoms with Crippen LogP contribution in [0, 0.1) is 0 Å². The first-order chi connectivity index (χ1) is 11.5. The van der Waals surface area contributed by atoms with Crippen LogP contribution >= 0.6 is 0 Å². The van der Waals surface area contributed by atoms with Crippen LogP contribution in [0.5, 0.6) is 11.5 Å². The zero-order valence-corrected chi connectivity index (χ0v) is 13.5. The van der Waals surface area contributed by atoms with Gasteiger partial charge in [-0.25, -0.2) is 0 Å². The number of fused-ring (bicyclic) bond motifs is 1. The first-order valence-electron chi connectivity index (χ1n) is 7.54. The molecule has 24 heavy (non-hydrogen) atoms. The van der Waals surface area contributed by atoms with Crippen molar-refractivity contribution in [1.29, 1.82) is 0 Å². The van der Waals surface area contributed by atoms with Gasteiger partial charge in [0.2, 0.25) is 0 Å². The standard InChI is InChI=1S/C18H18N2O4/c1-18(17(22)20-13-8-4-6-10-15(13)24-18)16(21)19-11-12-7-3-5-9-14(12)23-2/h3-10H,11H2,1-2H3,(H,19,21)(H,20,22). The van der Waals surface area contributed by atoms with Crippen LogP contribution in [0.1, 0.15) is 12.5 Å². The molecule has 0 bridgehead atoms. The number of methoxy groups -OCH3 is 1. The smallest absolute Gasteiger partial charge is 0.278 e. The maximum Gasteiger partial charge on any atom is 0.278 e. The molecule has 6 nitrogen and oxygen atoms in total. The summed E-state index contributed by atoms with van der Waals surface area (Å²) in [4.78, 5) is 24.9. The molecule has 0 fully saturated rings. The molecular weight excluding hydrogens is 308 g/mol. The summed E-state index contributed by atoms with van der Waals surface area (Å²) in [5.74, 6) is 0.119. The van der Waals surface area contributed by atoms with Crippen LogP contribution in [0.15, 0.2) is 48.5 Å². The number of anilines is 1. The largest absolute Gasteiger partial charge is 0.496 e. The second-order valence-corrected chi connectivity index (χ2v) is 5.58. The Morgan fingerprint density at radius 1 is 1.21 bits per heavy atom. The summed E-state index contributed by atoms with van der Waals surface area (Å²) >= 11 is 0. The van der Waals surface area contributed by atoms with Crippen LogP contribution in [0.25, 0.3) is 0 Å². The van der Waals surface area contributed by atoms with E-state index >= 15 is 0 Å². The number of rotatable bonds is 4. The lowest BCUT2D eigenvalue weighted by Crippen LogP contribution is -2.58. The molecule has 0 saturated carbocycles. The molecule has 1 atom stereocenters. The highest BCUT2D eigenvalue weighted by Crippen LogP contribution is 2.33. The molecule has 2 N–H and O–H groups in total. The Morgan fingerprint density at radius 3 is 2.71 bits per heavy atom. The van der Waals surface area contributed by atoms with Gasteiger partial charge in [0.25, 0.3) is 17.4 Å². The summed E-state index contributed by atoms with van der Waals surface area (Å²) in [5.41, 5.74) is -0.262. The summed E-state index contributed by atoms with van der Waals surface area (Å²) in [5, 5.41) is 5.44. The van der Waals surface area contributed by atoms with Crippen molar-refractivity contribution in [2.45, 2.75) is 19.1 Å². The lowest BCUT2D eigenvalue weighted by molar-refractivity contribution is -0.146. The molecule has 2 aromatic carbocycles. The fourth-order valence-electron chi connectivity index (χ4n) is 2.51. The summed E-state index contributed by atoms with van der Waals surface area (Å²) in [7, 11) is 1.57. The van der Waals surface area contributed by atoms with E-state index in [0.717, 1.165) is 5.56 Å². The van der Waals surface area contributed by atoms with E-state index in [1.54, 1.807) is 31.4 Å². The average molecular weight is 326 g/mol. The van der Waals surface area contributed by atoms with Crippen LogP contribution in [-0.2, 0) is 16.1 Å². The maximum atomic E-state index is 12.6. The quantitative estimate of drug-likeness (QED) is 0.844. The highest BCUT2D eigenvalue weighted by atomic mass is 16.5. The molecule has 0 radical (unpaired) electrons. The SMILES string of the molecule is COc1ccccc1CNC(=O)C1(C)Oc2ccccc2NC1=O. The summed E-state index contributed by atoms with van der Waals surface area (Å²) < 4.78 is 10.9. The van der Waals surface area contributed by atoms with E-state index in [4.69, 9.17) is 9.47 Å². The van der Waals surface area contributed by atoms with Crippen molar-refractivity contribution in [1.82, 2.24) is 5.32 Å². The lowest BCUT2D eigenvalue weighted by Gasteiger charge is -2.33. The van der Waals surface area contributed by atoms with Crippen LogP contribution in [0.2, 0.25) is 0 Å². The number of carbonyl (C=O) groups is 2. The number of nitrogens with one attached hydrogen (secondary N) is 2. The molecule has 6 heteroatoms. The van der Waals surface area contributed by atoms with Gasteiger partial charge in [0.1, 0.15) is 11.5 Å². The molecule has 3 rings (SSSR count). The highest BCUT2D eigenvalue weighted by molar-refractivity contribution is 6.15. The molecule has 2 amide bonds. The summed E-state index contributed by atoms with van der Waals surface area (Å²) in [6.45, 7) is 1.69. The lowest BCUT2D eigenvalue weighted by atomic mass is 10.0. The maximum absolute atomic E-state index is 12.6. The van der Waals surface area contributed by atoms with Gasteiger partial charge in [-0.1, -0.05) is 30.3 Å². The topological polar surface area (TPSA) is 76.7 Å². The Kier molecular flexibility index (Phi) is 4.12. The number of carbonyl (C=O) groups excluding carboxylic acids is 2. The van der Waals surface area contributed by atoms with Crippen molar-refractivity contribution >= 4 is 17.5 Å². The van der Waals surface area contributed by atoms with E-state index in [1.807, 2.05) is 24.3 Å². The molecule has 124 valence electrons. The molecule has 1 unspecified atom stereocenters. The highest BCUT2D eigenvalue weighted by Gasteiger charge is 2.47. The van der Waals surface area contributed by atoms with Crippen LogP contribution in [0.4, 0.5) is 5.69 Å². The van der Waals surface area contributed by atoms with Gasteiger partial charge < -0.3 is 20.1 Å². The Labute approximate surface area is 139 Å². The van der Waals surface area contributed by atoms with Crippen LogP contribution in [-0.4, -0.2) is 24.5 Å². The predicted octanol–water partition coefficient (Wildman–Crippen LogP) is 2.10. The zero-order chi connectivity index (χ0) is 17.2. The first kappa shape index (κ1) is 15.9. The van der Waals surface area contributed by atoms with Crippen molar-refractivity contribution in [3.05, 3.63) is 54.1 Å². The van der Waals surface area contributed by atoms with Gasteiger partial charge >= 0.3 is 0 Å². The minimum absolute atomic E-state index is 0.233. The molecule has 1 aliphatic rings. The van der Waals surface area contributed by atoms with E-state index in [9.17, 15) is 9.59 Å². The van der Waals surface area contributed by atoms with E-state index in [2.05, 4.69) is 10.6 Å². The van der Waals surface area contributed by atoms with Gasteiger partial charge in [-0.2, -0.15) is 0 Å². The van der Waals surface area contributed by atoms with Crippen LogP contribution in [0.3, 0.4) is 0 Å². The third-order valence-electron chi connectivity index (χ3n) is 3.95. The molecule has 0 aliphatic carbocycles. The second-order valence-electron chi connectivity index (χ2n) is 5.58. The zero-order valence-electron chi connectivity index (χ0n) is 13.5. The van der Waals surface area contributed by atoms with Gasteiger partial charge in [-0.05, 0) is 25.1 Å².